The molecule has 2 bridgehead atoms. The molecule has 3 heterocycles. The first-order valence-electron chi connectivity index (χ1n) is 7.70. The SMILES string of the molecule is CC1CCC(C)N1C(=O)CC1CC2CCC(C1)N2.Cl. The van der Waals surface area contributed by atoms with Gasteiger partial charge in [0.1, 0.15) is 0 Å². The number of nitrogens with zero attached hydrogens (tertiary/aromatic N) is 1. The molecule has 3 fully saturated rings. The van der Waals surface area contributed by atoms with Crippen molar-refractivity contribution in [3.63, 3.8) is 0 Å². The minimum atomic E-state index is 0. The molecule has 4 unspecified atom stereocenters. The van der Waals surface area contributed by atoms with Gasteiger partial charge in [0.05, 0.1) is 0 Å². The smallest absolute Gasteiger partial charge is 0.223 e. The molecule has 0 spiro atoms. The minimum absolute atomic E-state index is 0. The number of halogens is 1. The molecule has 3 nitrogen and oxygen atoms in total. The lowest BCUT2D eigenvalue weighted by Gasteiger charge is -2.32. The predicted molar refractivity (Wildman–Crippen MR) is 79.5 cm³/mol. The fourth-order valence-electron chi connectivity index (χ4n) is 4.38. The Morgan fingerprint density at radius 1 is 1.05 bits per heavy atom. The van der Waals surface area contributed by atoms with Crippen molar-refractivity contribution in [2.24, 2.45) is 5.92 Å². The molecule has 4 atom stereocenters. The topological polar surface area (TPSA) is 32.3 Å². The van der Waals surface area contributed by atoms with Crippen LogP contribution in [0.25, 0.3) is 0 Å². The van der Waals surface area contributed by atoms with E-state index < -0.39 is 0 Å². The zero-order valence-corrected chi connectivity index (χ0v) is 12.9. The van der Waals surface area contributed by atoms with E-state index in [0.29, 0.717) is 36.0 Å². The van der Waals surface area contributed by atoms with Crippen LogP contribution in [0, 0.1) is 5.92 Å². The predicted octanol–water partition coefficient (Wildman–Crippen LogP) is 2.73. The molecule has 3 aliphatic rings. The highest BCUT2D eigenvalue weighted by Gasteiger charge is 2.37. The summed E-state index contributed by atoms with van der Waals surface area (Å²) in [5.74, 6) is 1.05. The summed E-state index contributed by atoms with van der Waals surface area (Å²) >= 11 is 0. The number of carbonyl (C=O) groups is 1. The van der Waals surface area contributed by atoms with Gasteiger partial charge in [-0.25, -0.2) is 0 Å². The van der Waals surface area contributed by atoms with E-state index in [9.17, 15) is 4.79 Å². The molecule has 110 valence electrons. The van der Waals surface area contributed by atoms with Gasteiger partial charge in [-0.3, -0.25) is 4.79 Å². The number of nitrogens with one attached hydrogen (secondary N) is 1. The number of hydrogen-bond acceptors (Lipinski definition) is 2. The van der Waals surface area contributed by atoms with Crippen LogP contribution in [0.15, 0.2) is 0 Å². The van der Waals surface area contributed by atoms with E-state index in [1.165, 1.54) is 38.5 Å². The van der Waals surface area contributed by atoms with Gasteiger partial charge in [-0.2, -0.15) is 0 Å². The minimum Gasteiger partial charge on any atom is -0.337 e. The molecule has 0 aromatic carbocycles. The van der Waals surface area contributed by atoms with Crippen molar-refractivity contribution in [1.29, 1.82) is 0 Å². The standard InChI is InChI=1S/C15H26N2O.ClH/c1-10-3-4-11(2)17(10)15(18)9-12-7-13-5-6-14(8-12)16-13;/h10-14,16H,3-9H2,1-2H3;1H. The second kappa shape index (κ2) is 6.01. The molecular formula is C15H27ClN2O. The van der Waals surface area contributed by atoms with Crippen LogP contribution in [0.3, 0.4) is 0 Å². The Bertz CT molecular complexity index is 314. The van der Waals surface area contributed by atoms with Crippen LogP contribution in [0.5, 0.6) is 0 Å². The van der Waals surface area contributed by atoms with Crippen molar-refractivity contribution in [1.82, 2.24) is 10.2 Å². The molecule has 4 heteroatoms. The second-order valence-electron chi connectivity index (χ2n) is 6.76. The van der Waals surface area contributed by atoms with Gasteiger partial charge in [-0.15, -0.1) is 12.4 Å². The van der Waals surface area contributed by atoms with Gasteiger partial charge < -0.3 is 10.2 Å². The molecule has 0 saturated carbocycles. The molecule has 1 N–H and O–H groups in total. The van der Waals surface area contributed by atoms with Crippen molar-refractivity contribution in [2.45, 2.75) is 83.0 Å². The maximum Gasteiger partial charge on any atom is 0.223 e. The largest absolute Gasteiger partial charge is 0.337 e. The summed E-state index contributed by atoms with van der Waals surface area (Å²) in [4.78, 5) is 14.6. The molecule has 1 amide bonds. The monoisotopic (exact) mass is 286 g/mol. The summed E-state index contributed by atoms with van der Waals surface area (Å²) in [7, 11) is 0. The third kappa shape index (κ3) is 3.08. The van der Waals surface area contributed by atoms with Crippen LogP contribution in [0.1, 0.15) is 58.8 Å². The molecule has 3 aliphatic heterocycles. The lowest BCUT2D eigenvalue weighted by molar-refractivity contribution is -0.134. The highest BCUT2D eigenvalue weighted by Crippen LogP contribution is 2.34. The van der Waals surface area contributed by atoms with Crippen LogP contribution in [-0.4, -0.2) is 35.0 Å². The number of rotatable bonds is 2. The fourth-order valence-corrected chi connectivity index (χ4v) is 4.38. The summed E-state index contributed by atoms with van der Waals surface area (Å²) in [6.45, 7) is 4.40. The van der Waals surface area contributed by atoms with Gasteiger partial charge in [0.15, 0.2) is 0 Å². The second-order valence-corrected chi connectivity index (χ2v) is 6.76. The lowest BCUT2D eigenvalue weighted by atomic mass is 9.89. The lowest BCUT2D eigenvalue weighted by Crippen LogP contribution is -2.42. The number of piperidine rings is 1. The normalized spacial score (nSPS) is 41.2. The van der Waals surface area contributed by atoms with E-state index in [1.54, 1.807) is 0 Å². The Balaban J connectivity index is 0.00000133. The van der Waals surface area contributed by atoms with Crippen molar-refractivity contribution >= 4 is 18.3 Å². The van der Waals surface area contributed by atoms with Gasteiger partial charge in [0, 0.05) is 30.6 Å². The third-order valence-electron chi connectivity index (χ3n) is 5.27. The Labute approximate surface area is 122 Å². The molecule has 19 heavy (non-hydrogen) atoms. The average Bonchev–Trinajstić information content (AvgIpc) is 2.82. The van der Waals surface area contributed by atoms with Crippen LogP contribution < -0.4 is 5.32 Å². The number of carbonyl (C=O) groups excluding carboxylic acids is 1. The van der Waals surface area contributed by atoms with Crippen molar-refractivity contribution in [2.75, 3.05) is 0 Å². The first-order valence-corrected chi connectivity index (χ1v) is 7.70. The molecule has 3 rings (SSSR count). The molecule has 0 radical (unpaired) electrons. The fraction of sp³-hybridized carbons (Fsp3) is 0.933. The Morgan fingerprint density at radius 3 is 2.11 bits per heavy atom. The van der Waals surface area contributed by atoms with Gasteiger partial charge in [-0.05, 0) is 58.3 Å². The molecule has 0 aromatic rings. The highest BCUT2D eigenvalue weighted by molar-refractivity contribution is 5.85. The quantitative estimate of drug-likeness (QED) is 0.846. The average molecular weight is 287 g/mol. The summed E-state index contributed by atoms with van der Waals surface area (Å²) in [6.07, 6.45) is 8.26. The summed E-state index contributed by atoms with van der Waals surface area (Å²) in [5.41, 5.74) is 0. The van der Waals surface area contributed by atoms with Crippen LogP contribution >= 0.6 is 12.4 Å². The first kappa shape index (κ1) is 15.1. The molecule has 0 aliphatic carbocycles. The number of likely N-dealkylation sites (tertiary alicyclic amines) is 1. The van der Waals surface area contributed by atoms with Gasteiger partial charge in [0.25, 0.3) is 0 Å². The molecule has 3 saturated heterocycles. The number of hydrogen-bond donors (Lipinski definition) is 1. The van der Waals surface area contributed by atoms with Gasteiger partial charge >= 0.3 is 0 Å². The van der Waals surface area contributed by atoms with E-state index in [4.69, 9.17) is 0 Å². The Morgan fingerprint density at radius 2 is 1.58 bits per heavy atom. The molecular weight excluding hydrogens is 260 g/mol. The van der Waals surface area contributed by atoms with Crippen molar-refractivity contribution in [3.8, 4) is 0 Å². The zero-order valence-electron chi connectivity index (χ0n) is 12.1. The number of fused-ring (bicyclic) bond motifs is 2. The summed E-state index contributed by atoms with van der Waals surface area (Å²) in [6, 6.07) is 2.34. The van der Waals surface area contributed by atoms with E-state index in [0.717, 1.165) is 6.42 Å². The van der Waals surface area contributed by atoms with Crippen LogP contribution in [0.4, 0.5) is 0 Å². The van der Waals surface area contributed by atoms with Crippen LogP contribution in [0.2, 0.25) is 0 Å². The van der Waals surface area contributed by atoms with Gasteiger partial charge in [-0.1, -0.05) is 0 Å². The summed E-state index contributed by atoms with van der Waals surface area (Å²) in [5, 5.41) is 3.66. The van der Waals surface area contributed by atoms with E-state index in [2.05, 4.69) is 24.1 Å². The maximum atomic E-state index is 12.5. The van der Waals surface area contributed by atoms with Crippen molar-refractivity contribution in [3.05, 3.63) is 0 Å². The third-order valence-corrected chi connectivity index (χ3v) is 5.27. The Kier molecular flexibility index (Phi) is 4.78. The number of amides is 1. The zero-order chi connectivity index (χ0) is 12.7. The van der Waals surface area contributed by atoms with E-state index >= 15 is 0 Å². The highest BCUT2D eigenvalue weighted by atomic mass is 35.5. The van der Waals surface area contributed by atoms with Gasteiger partial charge in [0.2, 0.25) is 5.91 Å². The Hall–Kier alpha value is -0.280. The van der Waals surface area contributed by atoms with E-state index in [1.807, 2.05) is 0 Å². The van der Waals surface area contributed by atoms with E-state index in [-0.39, 0.29) is 12.4 Å². The maximum absolute atomic E-state index is 12.5. The first-order chi connectivity index (χ1) is 8.63. The van der Waals surface area contributed by atoms with Crippen molar-refractivity contribution < 1.29 is 4.79 Å². The molecule has 0 aromatic heterocycles. The summed E-state index contributed by atoms with van der Waals surface area (Å²) < 4.78 is 0. The van der Waals surface area contributed by atoms with Crippen LogP contribution in [-0.2, 0) is 4.79 Å².